The number of carbonyl (C=O) groups is 1. The zero-order chi connectivity index (χ0) is 14.0. The Balaban J connectivity index is 2.06. The van der Waals surface area contributed by atoms with Crippen LogP contribution >= 0.6 is 15.9 Å². The lowest BCUT2D eigenvalue weighted by Crippen LogP contribution is -2.43. The van der Waals surface area contributed by atoms with Crippen molar-refractivity contribution in [3.05, 3.63) is 33.8 Å². The molecular weight excluding hydrogens is 330 g/mol. The molecule has 1 heterocycles. The van der Waals surface area contributed by atoms with Gasteiger partial charge < -0.3 is 5.32 Å². The number of sulfone groups is 1. The number of rotatable bonds is 2. The normalized spacial score (nSPS) is 21.9. The highest BCUT2D eigenvalue weighted by molar-refractivity contribution is 9.10. The predicted octanol–water partition coefficient (Wildman–Crippen LogP) is 2.06. The molecular formula is C13H16BrNO3S. The lowest BCUT2D eigenvalue weighted by atomic mass is 10.1. The average molecular weight is 346 g/mol. The molecule has 1 aliphatic rings. The van der Waals surface area contributed by atoms with Gasteiger partial charge in [-0.25, -0.2) is 8.42 Å². The van der Waals surface area contributed by atoms with Gasteiger partial charge in [-0.2, -0.15) is 0 Å². The summed E-state index contributed by atoms with van der Waals surface area (Å²) >= 11 is 3.38. The van der Waals surface area contributed by atoms with Gasteiger partial charge in [0, 0.05) is 16.1 Å². The summed E-state index contributed by atoms with van der Waals surface area (Å²) in [5, 5.41) is 2.80. The van der Waals surface area contributed by atoms with Gasteiger partial charge in [0.2, 0.25) is 0 Å². The van der Waals surface area contributed by atoms with Crippen LogP contribution in [0.25, 0.3) is 0 Å². The maximum atomic E-state index is 12.1. The molecule has 1 aromatic carbocycles. The molecule has 1 saturated heterocycles. The van der Waals surface area contributed by atoms with E-state index in [9.17, 15) is 13.2 Å². The van der Waals surface area contributed by atoms with Crippen molar-refractivity contribution in [3.8, 4) is 0 Å². The monoisotopic (exact) mass is 345 g/mol. The van der Waals surface area contributed by atoms with Gasteiger partial charge in [-0.3, -0.25) is 4.79 Å². The second-order valence-electron chi connectivity index (χ2n) is 4.89. The van der Waals surface area contributed by atoms with Crippen molar-refractivity contribution in [1.29, 1.82) is 0 Å². The Morgan fingerprint density at radius 3 is 2.79 bits per heavy atom. The van der Waals surface area contributed by atoms with E-state index in [1.807, 2.05) is 13.0 Å². The minimum Gasteiger partial charge on any atom is -0.348 e. The van der Waals surface area contributed by atoms with Crippen molar-refractivity contribution in [3.63, 3.8) is 0 Å². The molecule has 1 atom stereocenters. The fraction of sp³-hybridized carbons (Fsp3) is 0.462. The lowest BCUT2D eigenvalue weighted by Gasteiger charge is -2.23. The van der Waals surface area contributed by atoms with E-state index in [2.05, 4.69) is 21.2 Å². The molecule has 0 aromatic heterocycles. The van der Waals surface area contributed by atoms with Crippen LogP contribution in [0.2, 0.25) is 0 Å². The topological polar surface area (TPSA) is 63.2 Å². The van der Waals surface area contributed by atoms with Crippen LogP contribution in [0.1, 0.15) is 28.8 Å². The minimum atomic E-state index is -3.00. The largest absolute Gasteiger partial charge is 0.348 e. The molecule has 2 rings (SSSR count). The van der Waals surface area contributed by atoms with Crippen LogP contribution in [0.5, 0.6) is 0 Å². The zero-order valence-electron chi connectivity index (χ0n) is 10.6. The molecule has 1 fully saturated rings. The third kappa shape index (κ3) is 3.79. The first-order valence-corrected chi connectivity index (χ1v) is 8.76. The molecule has 0 radical (unpaired) electrons. The van der Waals surface area contributed by atoms with E-state index in [0.29, 0.717) is 12.0 Å². The van der Waals surface area contributed by atoms with Gasteiger partial charge in [0.1, 0.15) is 0 Å². The molecule has 0 saturated carbocycles. The predicted molar refractivity (Wildman–Crippen MR) is 78.0 cm³/mol. The Bertz CT molecular complexity index is 598. The molecule has 1 N–H and O–H groups in total. The Morgan fingerprint density at radius 1 is 1.42 bits per heavy atom. The van der Waals surface area contributed by atoms with Gasteiger partial charge in [0.25, 0.3) is 5.91 Å². The van der Waals surface area contributed by atoms with E-state index in [1.165, 1.54) is 0 Å². The van der Waals surface area contributed by atoms with E-state index in [-0.39, 0.29) is 23.5 Å². The molecule has 104 valence electrons. The van der Waals surface area contributed by atoms with Crippen LogP contribution in [0.3, 0.4) is 0 Å². The van der Waals surface area contributed by atoms with E-state index in [1.54, 1.807) is 12.1 Å². The molecule has 0 aliphatic carbocycles. The van der Waals surface area contributed by atoms with Gasteiger partial charge in [-0.05, 0) is 43.5 Å². The first-order chi connectivity index (χ1) is 8.87. The fourth-order valence-corrected chi connectivity index (χ4v) is 4.07. The van der Waals surface area contributed by atoms with Gasteiger partial charge in [-0.1, -0.05) is 15.9 Å². The van der Waals surface area contributed by atoms with E-state index < -0.39 is 9.84 Å². The molecule has 1 aromatic rings. The van der Waals surface area contributed by atoms with Gasteiger partial charge in [-0.15, -0.1) is 0 Å². The number of halogens is 1. The molecule has 4 nitrogen and oxygen atoms in total. The smallest absolute Gasteiger partial charge is 0.251 e. The molecule has 0 spiro atoms. The van der Waals surface area contributed by atoms with Gasteiger partial charge in [0.15, 0.2) is 9.84 Å². The van der Waals surface area contributed by atoms with E-state index in [4.69, 9.17) is 0 Å². The summed E-state index contributed by atoms with van der Waals surface area (Å²) < 4.78 is 24.0. The summed E-state index contributed by atoms with van der Waals surface area (Å²) in [6, 6.07) is 5.07. The fourth-order valence-electron chi connectivity index (χ4n) is 2.19. The molecule has 0 bridgehead atoms. The first-order valence-electron chi connectivity index (χ1n) is 6.15. The van der Waals surface area contributed by atoms with Crippen molar-refractivity contribution >= 4 is 31.7 Å². The van der Waals surface area contributed by atoms with Crippen molar-refractivity contribution in [1.82, 2.24) is 5.32 Å². The van der Waals surface area contributed by atoms with Crippen LogP contribution in [-0.2, 0) is 9.84 Å². The Labute approximate surface area is 121 Å². The highest BCUT2D eigenvalue weighted by Gasteiger charge is 2.26. The zero-order valence-corrected chi connectivity index (χ0v) is 13.1. The van der Waals surface area contributed by atoms with Crippen LogP contribution < -0.4 is 5.32 Å². The lowest BCUT2D eigenvalue weighted by molar-refractivity contribution is 0.0938. The van der Waals surface area contributed by atoms with E-state index >= 15 is 0 Å². The molecule has 1 unspecified atom stereocenters. The maximum absolute atomic E-state index is 12.1. The summed E-state index contributed by atoms with van der Waals surface area (Å²) in [4.78, 5) is 12.1. The summed E-state index contributed by atoms with van der Waals surface area (Å²) in [6.45, 7) is 1.91. The Hall–Kier alpha value is -0.880. The summed E-state index contributed by atoms with van der Waals surface area (Å²) in [5.41, 5.74) is 1.53. The number of aryl methyl sites for hydroxylation is 1. The van der Waals surface area contributed by atoms with Crippen LogP contribution in [-0.4, -0.2) is 31.9 Å². The second kappa shape index (κ2) is 5.63. The Morgan fingerprint density at radius 2 is 2.16 bits per heavy atom. The molecule has 19 heavy (non-hydrogen) atoms. The molecule has 1 amide bonds. The highest BCUT2D eigenvalue weighted by Crippen LogP contribution is 2.18. The summed E-state index contributed by atoms with van der Waals surface area (Å²) in [6.07, 6.45) is 1.34. The average Bonchev–Trinajstić information content (AvgIpc) is 2.31. The summed E-state index contributed by atoms with van der Waals surface area (Å²) in [5.74, 6) is 0.0723. The Kier molecular flexibility index (Phi) is 4.30. The van der Waals surface area contributed by atoms with Crippen molar-refractivity contribution in [2.45, 2.75) is 25.8 Å². The molecule has 6 heteroatoms. The van der Waals surface area contributed by atoms with Crippen molar-refractivity contribution < 1.29 is 13.2 Å². The second-order valence-corrected chi connectivity index (χ2v) is 7.97. The number of amides is 1. The van der Waals surface area contributed by atoms with Gasteiger partial charge in [0.05, 0.1) is 11.5 Å². The SMILES string of the molecule is Cc1cc(C(=O)NC2CCCS(=O)(=O)C2)ccc1Br. The highest BCUT2D eigenvalue weighted by atomic mass is 79.9. The summed E-state index contributed by atoms with van der Waals surface area (Å²) in [7, 11) is -3.00. The van der Waals surface area contributed by atoms with Crippen LogP contribution in [0.15, 0.2) is 22.7 Å². The van der Waals surface area contributed by atoms with Crippen molar-refractivity contribution in [2.75, 3.05) is 11.5 Å². The maximum Gasteiger partial charge on any atom is 0.251 e. The minimum absolute atomic E-state index is 0.0499. The number of nitrogens with one attached hydrogen (secondary N) is 1. The third-order valence-corrected chi connectivity index (χ3v) is 5.93. The third-order valence-electron chi connectivity index (χ3n) is 3.22. The quantitative estimate of drug-likeness (QED) is 0.892. The van der Waals surface area contributed by atoms with Crippen LogP contribution in [0, 0.1) is 6.92 Å². The number of hydrogen-bond donors (Lipinski definition) is 1. The van der Waals surface area contributed by atoms with Crippen molar-refractivity contribution in [2.24, 2.45) is 0 Å². The van der Waals surface area contributed by atoms with Crippen LogP contribution in [0.4, 0.5) is 0 Å². The van der Waals surface area contributed by atoms with E-state index in [0.717, 1.165) is 16.5 Å². The van der Waals surface area contributed by atoms with Gasteiger partial charge >= 0.3 is 0 Å². The standard InChI is InChI=1S/C13H16BrNO3S/c1-9-7-10(4-5-12(9)14)13(16)15-11-3-2-6-19(17,18)8-11/h4-5,7,11H,2-3,6,8H2,1H3,(H,15,16). The first kappa shape index (κ1) is 14.5. The number of benzene rings is 1. The number of carbonyl (C=O) groups excluding carboxylic acids is 1. The number of hydrogen-bond acceptors (Lipinski definition) is 3. The molecule has 1 aliphatic heterocycles.